The van der Waals surface area contributed by atoms with Crippen LogP contribution >= 0.6 is 0 Å². The molecule has 2 amide bonds. The number of aryl methyl sites for hydroxylation is 1. The number of rotatable bonds is 8. The van der Waals surface area contributed by atoms with Crippen LogP contribution in [0, 0.1) is 6.92 Å². The molecule has 2 unspecified atom stereocenters. The maximum Gasteiger partial charge on any atom is 0.315 e. The third-order valence-corrected chi connectivity index (χ3v) is 3.90. The van der Waals surface area contributed by atoms with Gasteiger partial charge in [0, 0.05) is 6.54 Å². The van der Waals surface area contributed by atoms with Crippen molar-refractivity contribution >= 4 is 12.0 Å². The molecule has 0 saturated heterocycles. The van der Waals surface area contributed by atoms with E-state index in [-0.39, 0.29) is 25.0 Å². The Bertz CT molecular complexity index is 685. The summed E-state index contributed by atoms with van der Waals surface area (Å²) in [5.74, 6) is -0.951. The molecular formula is C17H23N5O3. The topological polar surface area (TPSA) is 109 Å². The predicted molar refractivity (Wildman–Crippen MR) is 92.2 cm³/mol. The van der Waals surface area contributed by atoms with Crippen molar-refractivity contribution in [3.63, 3.8) is 0 Å². The molecule has 134 valence electrons. The first-order chi connectivity index (χ1) is 12.0. The van der Waals surface area contributed by atoms with Crippen LogP contribution < -0.4 is 10.6 Å². The van der Waals surface area contributed by atoms with E-state index in [1.165, 1.54) is 6.33 Å². The van der Waals surface area contributed by atoms with Gasteiger partial charge in [0.05, 0.1) is 18.5 Å². The molecule has 25 heavy (non-hydrogen) atoms. The molecule has 0 spiro atoms. The second-order valence-corrected chi connectivity index (χ2v) is 5.79. The van der Waals surface area contributed by atoms with Crippen molar-refractivity contribution in [2.75, 3.05) is 6.54 Å². The molecule has 8 nitrogen and oxygen atoms in total. The molecule has 8 heteroatoms. The lowest BCUT2D eigenvalue weighted by Gasteiger charge is -2.27. The van der Waals surface area contributed by atoms with Crippen LogP contribution in [0.5, 0.6) is 0 Å². The van der Waals surface area contributed by atoms with E-state index in [1.54, 1.807) is 11.0 Å². The van der Waals surface area contributed by atoms with Gasteiger partial charge >= 0.3 is 12.0 Å². The minimum atomic E-state index is -0.951. The number of urea groups is 1. The average Bonchev–Trinajstić information content (AvgIpc) is 3.09. The molecule has 2 aromatic rings. The lowest BCUT2D eigenvalue weighted by atomic mass is 9.96. The van der Waals surface area contributed by atoms with Crippen LogP contribution in [0.3, 0.4) is 0 Å². The van der Waals surface area contributed by atoms with Crippen molar-refractivity contribution in [1.82, 2.24) is 25.4 Å². The molecule has 1 aromatic carbocycles. The second kappa shape index (κ2) is 8.81. The van der Waals surface area contributed by atoms with Crippen LogP contribution in [-0.4, -0.2) is 44.5 Å². The molecule has 0 fully saturated rings. The number of nitrogens with zero attached hydrogens (tertiary/aromatic N) is 3. The highest BCUT2D eigenvalue weighted by atomic mass is 16.4. The summed E-state index contributed by atoms with van der Waals surface area (Å²) >= 11 is 0. The number of aliphatic carboxylic acids is 1. The van der Waals surface area contributed by atoms with E-state index < -0.39 is 12.0 Å². The Labute approximate surface area is 146 Å². The Morgan fingerprint density at radius 2 is 2.00 bits per heavy atom. The fraction of sp³-hybridized carbons (Fsp3) is 0.412. The van der Waals surface area contributed by atoms with Gasteiger partial charge in [0.15, 0.2) is 0 Å². The van der Waals surface area contributed by atoms with Crippen LogP contribution in [0.1, 0.15) is 36.9 Å². The van der Waals surface area contributed by atoms with Crippen molar-refractivity contribution in [2.24, 2.45) is 0 Å². The van der Waals surface area contributed by atoms with E-state index in [0.717, 1.165) is 11.1 Å². The number of carbonyl (C=O) groups excluding carboxylic acids is 1. The molecule has 3 N–H and O–H groups in total. The van der Waals surface area contributed by atoms with E-state index in [4.69, 9.17) is 5.11 Å². The fourth-order valence-electron chi connectivity index (χ4n) is 2.60. The van der Waals surface area contributed by atoms with Crippen molar-refractivity contribution in [2.45, 2.75) is 38.8 Å². The number of carbonyl (C=O) groups is 2. The zero-order chi connectivity index (χ0) is 18.2. The van der Waals surface area contributed by atoms with Gasteiger partial charge in [-0.05, 0) is 18.9 Å². The van der Waals surface area contributed by atoms with Gasteiger partial charge in [-0.2, -0.15) is 5.10 Å². The van der Waals surface area contributed by atoms with Crippen LogP contribution in [0.2, 0.25) is 0 Å². The molecule has 0 aliphatic heterocycles. The number of carboxylic acid groups (broad SMARTS) is 1. The smallest absolute Gasteiger partial charge is 0.315 e. The lowest BCUT2D eigenvalue weighted by molar-refractivity contribution is -0.136. The Morgan fingerprint density at radius 1 is 1.28 bits per heavy atom. The van der Waals surface area contributed by atoms with Crippen LogP contribution in [0.25, 0.3) is 0 Å². The summed E-state index contributed by atoms with van der Waals surface area (Å²) in [6.45, 7) is 4.07. The number of nitrogens with one attached hydrogen (secondary N) is 2. The number of hydrogen-bond acceptors (Lipinski definition) is 4. The summed E-state index contributed by atoms with van der Waals surface area (Å²) in [7, 11) is 0. The fourth-order valence-corrected chi connectivity index (χ4v) is 2.60. The van der Waals surface area contributed by atoms with Gasteiger partial charge in [-0.15, -0.1) is 0 Å². The van der Waals surface area contributed by atoms with Gasteiger partial charge in [-0.25, -0.2) is 14.5 Å². The maximum atomic E-state index is 12.1. The molecule has 0 aliphatic rings. The third-order valence-electron chi connectivity index (χ3n) is 3.90. The Kier molecular flexibility index (Phi) is 6.50. The van der Waals surface area contributed by atoms with Gasteiger partial charge in [0.2, 0.25) is 0 Å². The van der Waals surface area contributed by atoms with Gasteiger partial charge in [0.25, 0.3) is 0 Å². The highest BCUT2D eigenvalue weighted by Gasteiger charge is 2.26. The highest BCUT2D eigenvalue weighted by molar-refractivity contribution is 5.75. The monoisotopic (exact) mass is 345 g/mol. The van der Waals surface area contributed by atoms with Gasteiger partial charge in [-0.1, -0.05) is 36.8 Å². The van der Waals surface area contributed by atoms with E-state index in [9.17, 15) is 9.59 Å². The number of carboxylic acids is 1. The average molecular weight is 345 g/mol. The first-order valence-corrected chi connectivity index (χ1v) is 8.18. The quantitative estimate of drug-likeness (QED) is 0.675. The van der Waals surface area contributed by atoms with Gasteiger partial charge in [-0.3, -0.25) is 4.79 Å². The number of amides is 2. The molecular weight excluding hydrogens is 322 g/mol. The minimum Gasteiger partial charge on any atom is -0.481 e. The third kappa shape index (κ3) is 5.30. The summed E-state index contributed by atoms with van der Waals surface area (Å²) in [4.78, 5) is 26.6. The largest absolute Gasteiger partial charge is 0.481 e. The molecule has 0 radical (unpaired) electrons. The van der Waals surface area contributed by atoms with Crippen LogP contribution in [0.15, 0.2) is 36.9 Å². The molecule has 1 aromatic heterocycles. The molecule has 1 heterocycles. The first-order valence-electron chi connectivity index (χ1n) is 8.18. The zero-order valence-corrected chi connectivity index (χ0v) is 14.3. The summed E-state index contributed by atoms with van der Waals surface area (Å²) < 4.78 is 1.72. The van der Waals surface area contributed by atoms with Gasteiger partial charge in [0.1, 0.15) is 12.7 Å². The van der Waals surface area contributed by atoms with Crippen molar-refractivity contribution in [3.05, 3.63) is 48.0 Å². The zero-order valence-electron chi connectivity index (χ0n) is 14.3. The van der Waals surface area contributed by atoms with Crippen molar-refractivity contribution < 1.29 is 14.7 Å². The maximum absolute atomic E-state index is 12.1. The summed E-state index contributed by atoms with van der Waals surface area (Å²) in [6, 6.07) is 7.21. The second-order valence-electron chi connectivity index (χ2n) is 5.79. The number of aromatic nitrogens is 3. The molecule has 2 rings (SSSR count). The van der Waals surface area contributed by atoms with Crippen molar-refractivity contribution in [3.8, 4) is 0 Å². The Balaban J connectivity index is 2.15. The number of hydrogen-bond donors (Lipinski definition) is 3. The normalized spacial score (nSPS) is 13.0. The Hall–Kier alpha value is -2.90. The predicted octanol–water partition coefficient (Wildman–Crippen LogP) is 1.73. The lowest BCUT2D eigenvalue weighted by Crippen LogP contribution is -2.46. The molecule has 0 bridgehead atoms. The summed E-state index contributed by atoms with van der Waals surface area (Å²) in [5, 5.41) is 18.4. The van der Waals surface area contributed by atoms with Crippen LogP contribution in [0.4, 0.5) is 4.79 Å². The highest BCUT2D eigenvalue weighted by Crippen LogP contribution is 2.23. The first kappa shape index (κ1) is 18.4. The van der Waals surface area contributed by atoms with E-state index in [0.29, 0.717) is 6.42 Å². The van der Waals surface area contributed by atoms with Crippen LogP contribution in [-0.2, 0) is 4.79 Å². The van der Waals surface area contributed by atoms with E-state index in [1.807, 2.05) is 38.1 Å². The minimum absolute atomic E-state index is 0.0795. The SMILES string of the molecule is CCC(NC(=O)NCCC(=O)O)C(c1ccc(C)cc1)n1cncn1. The van der Waals surface area contributed by atoms with E-state index in [2.05, 4.69) is 20.7 Å². The Morgan fingerprint density at radius 3 is 2.56 bits per heavy atom. The van der Waals surface area contributed by atoms with Crippen molar-refractivity contribution in [1.29, 1.82) is 0 Å². The van der Waals surface area contributed by atoms with Gasteiger partial charge < -0.3 is 15.7 Å². The standard InChI is InChI=1S/C17H23N5O3/c1-3-14(21-17(25)19-9-8-15(23)24)16(22-11-18-10-20-22)13-6-4-12(2)5-7-13/h4-7,10-11,14,16H,3,8-9H2,1-2H3,(H,23,24)(H2,19,21,25). The van der Waals surface area contributed by atoms with E-state index >= 15 is 0 Å². The number of benzene rings is 1. The summed E-state index contributed by atoms with van der Waals surface area (Å²) in [5.41, 5.74) is 2.15. The molecule has 2 atom stereocenters. The molecule has 0 aliphatic carbocycles. The molecule has 0 saturated carbocycles. The summed E-state index contributed by atoms with van der Waals surface area (Å²) in [6.07, 6.45) is 3.64.